The number of nitrogens with zero attached hydrogens (tertiary/aromatic N) is 1. The van der Waals surface area contributed by atoms with Gasteiger partial charge in [0.05, 0.1) is 0 Å². The van der Waals surface area contributed by atoms with Crippen molar-refractivity contribution < 1.29 is 4.39 Å². The fourth-order valence-electron chi connectivity index (χ4n) is 3.09. The molecule has 0 aromatic heterocycles. The molecular formula is C11H18FN. The molecule has 2 atom stereocenters. The van der Waals surface area contributed by atoms with Crippen LogP contribution in [0.3, 0.4) is 0 Å². The van der Waals surface area contributed by atoms with Gasteiger partial charge in [-0.3, -0.25) is 4.90 Å². The van der Waals surface area contributed by atoms with Crippen LogP contribution in [0.15, 0.2) is 12.2 Å². The Labute approximate surface area is 79.6 Å². The first-order valence-electron chi connectivity index (χ1n) is 5.14. The molecule has 1 nitrogen and oxygen atoms in total. The Morgan fingerprint density at radius 2 is 2.31 bits per heavy atom. The quantitative estimate of drug-likeness (QED) is 0.564. The van der Waals surface area contributed by atoms with E-state index >= 15 is 0 Å². The Bertz CT molecular complexity index is 236. The third-order valence-corrected chi connectivity index (χ3v) is 3.77. The van der Waals surface area contributed by atoms with Gasteiger partial charge >= 0.3 is 0 Å². The van der Waals surface area contributed by atoms with Crippen LogP contribution in [-0.4, -0.2) is 29.7 Å². The molecule has 0 aromatic carbocycles. The van der Waals surface area contributed by atoms with E-state index in [2.05, 4.69) is 25.3 Å². The predicted molar refractivity (Wildman–Crippen MR) is 52.4 cm³/mol. The van der Waals surface area contributed by atoms with Crippen molar-refractivity contribution >= 4 is 0 Å². The second-order valence-electron chi connectivity index (χ2n) is 4.68. The molecule has 0 unspecified atom stereocenters. The molecule has 13 heavy (non-hydrogen) atoms. The summed E-state index contributed by atoms with van der Waals surface area (Å²) in [5.74, 6) is 0.489. The first-order chi connectivity index (χ1) is 6.07. The topological polar surface area (TPSA) is 3.24 Å². The number of fused-ring (bicyclic) bond motifs is 1. The SMILES string of the molecule is C=C1CCN2C[C@H](F)C[C@]12C(C)C. The summed E-state index contributed by atoms with van der Waals surface area (Å²) >= 11 is 0. The standard InChI is InChI=1S/C11H18FN/c1-8(2)11-6-10(12)7-13(11)5-4-9(11)3/h8,10H,3-7H2,1-2H3/t10-,11+/m1/s1. The maximum atomic E-state index is 13.3. The molecule has 0 N–H and O–H groups in total. The Balaban J connectivity index is 2.33. The molecular weight excluding hydrogens is 165 g/mol. The number of rotatable bonds is 1. The molecule has 0 spiro atoms. The molecule has 0 amide bonds. The molecule has 2 aliphatic rings. The smallest absolute Gasteiger partial charge is 0.115 e. The molecule has 74 valence electrons. The molecule has 2 aliphatic heterocycles. The summed E-state index contributed by atoms with van der Waals surface area (Å²) in [6, 6.07) is 0. The number of alkyl halides is 1. The van der Waals surface area contributed by atoms with E-state index in [1.807, 2.05) is 0 Å². The van der Waals surface area contributed by atoms with E-state index in [0.717, 1.165) is 13.0 Å². The van der Waals surface area contributed by atoms with Crippen molar-refractivity contribution in [2.24, 2.45) is 5.92 Å². The van der Waals surface area contributed by atoms with Crippen molar-refractivity contribution in [1.29, 1.82) is 0 Å². The van der Waals surface area contributed by atoms with Crippen molar-refractivity contribution in [2.45, 2.75) is 38.4 Å². The maximum absolute atomic E-state index is 13.3. The van der Waals surface area contributed by atoms with E-state index in [0.29, 0.717) is 18.9 Å². The first-order valence-corrected chi connectivity index (χ1v) is 5.14. The van der Waals surface area contributed by atoms with Gasteiger partial charge in [0.2, 0.25) is 0 Å². The van der Waals surface area contributed by atoms with Crippen LogP contribution in [0.25, 0.3) is 0 Å². The van der Waals surface area contributed by atoms with Crippen molar-refractivity contribution in [3.05, 3.63) is 12.2 Å². The fraction of sp³-hybridized carbons (Fsp3) is 0.818. The minimum Gasteiger partial charge on any atom is -0.290 e. The zero-order valence-corrected chi connectivity index (χ0v) is 8.52. The average molecular weight is 183 g/mol. The van der Waals surface area contributed by atoms with Crippen molar-refractivity contribution in [3.63, 3.8) is 0 Å². The first kappa shape index (κ1) is 9.20. The lowest BCUT2D eigenvalue weighted by Crippen LogP contribution is -2.43. The highest BCUT2D eigenvalue weighted by Crippen LogP contribution is 2.47. The number of hydrogen-bond donors (Lipinski definition) is 0. The van der Waals surface area contributed by atoms with Gasteiger partial charge in [0.15, 0.2) is 0 Å². The third kappa shape index (κ3) is 1.08. The molecule has 2 rings (SSSR count). The molecule has 0 aromatic rings. The Hall–Kier alpha value is -0.370. The van der Waals surface area contributed by atoms with E-state index in [1.54, 1.807) is 0 Å². The van der Waals surface area contributed by atoms with E-state index in [1.165, 1.54) is 5.57 Å². The van der Waals surface area contributed by atoms with Gasteiger partial charge in [-0.1, -0.05) is 26.0 Å². The van der Waals surface area contributed by atoms with Gasteiger partial charge in [-0.05, 0) is 12.3 Å². The lowest BCUT2D eigenvalue weighted by atomic mass is 9.79. The Morgan fingerprint density at radius 3 is 2.85 bits per heavy atom. The van der Waals surface area contributed by atoms with Crippen molar-refractivity contribution in [3.8, 4) is 0 Å². The minimum absolute atomic E-state index is 0.000579. The maximum Gasteiger partial charge on any atom is 0.115 e. The van der Waals surface area contributed by atoms with Crippen LogP contribution in [0.1, 0.15) is 26.7 Å². The van der Waals surface area contributed by atoms with Gasteiger partial charge in [-0.25, -0.2) is 4.39 Å². The van der Waals surface area contributed by atoms with Crippen LogP contribution in [0.5, 0.6) is 0 Å². The summed E-state index contributed by atoms with van der Waals surface area (Å²) < 4.78 is 13.3. The van der Waals surface area contributed by atoms with Crippen LogP contribution < -0.4 is 0 Å². The Kier molecular flexibility index (Phi) is 1.99. The molecule has 2 heterocycles. The lowest BCUT2D eigenvalue weighted by molar-refractivity contribution is 0.166. The predicted octanol–water partition coefficient (Wildman–Crippen LogP) is 2.38. The summed E-state index contributed by atoms with van der Waals surface area (Å²) in [7, 11) is 0. The Morgan fingerprint density at radius 1 is 1.62 bits per heavy atom. The molecule has 2 fully saturated rings. The van der Waals surface area contributed by atoms with Gasteiger partial charge in [0.25, 0.3) is 0 Å². The zero-order chi connectivity index (χ0) is 9.64. The average Bonchev–Trinajstić information content (AvgIpc) is 2.50. The lowest BCUT2D eigenvalue weighted by Gasteiger charge is -2.36. The number of halogens is 1. The molecule has 0 bridgehead atoms. The minimum atomic E-state index is -0.639. The largest absolute Gasteiger partial charge is 0.290 e. The van der Waals surface area contributed by atoms with Crippen LogP contribution in [0.2, 0.25) is 0 Å². The second-order valence-corrected chi connectivity index (χ2v) is 4.68. The molecule has 0 aliphatic carbocycles. The highest BCUT2D eigenvalue weighted by molar-refractivity contribution is 5.27. The van der Waals surface area contributed by atoms with Gasteiger partial charge in [-0.2, -0.15) is 0 Å². The van der Waals surface area contributed by atoms with Crippen molar-refractivity contribution in [1.82, 2.24) is 4.90 Å². The van der Waals surface area contributed by atoms with E-state index < -0.39 is 6.17 Å². The third-order valence-electron chi connectivity index (χ3n) is 3.77. The molecule has 0 saturated carbocycles. The van der Waals surface area contributed by atoms with Gasteiger partial charge in [0.1, 0.15) is 6.17 Å². The molecule has 0 radical (unpaired) electrons. The van der Waals surface area contributed by atoms with E-state index in [4.69, 9.17) is 0 Å². The zero-order valence-electron chi connectivity index (χ0n) is 8.52. The fourth-order valence-corrected chi connectivity index (χ4v) is 3.09. The summed E-state index contributed by atoms with van der Waals surface area (Å²) in [4.78, 5) is 2.30. The summed E-state index contributed by atoms with van der Waals surface area (Å²) in [5.41, 5.74) is 1.25. The van der Waals surface area contributed by atoms with Crippen molar-refractivity contribution in [2.75, 3.05) is 13.1 Å². The highest BCUT2D eigenvalue weighted by atomic mass is 19.1. The van der Waals surface area contributed by atoms with Gasteiger partial charge < -0.3 is 0 Å². The second kappa shape index (κ2) is 2.81. The monoisotopic (exact) mass is 183 g/mol. The molecule has 2 saturated heterocycles. The normalized spacial score (nSPS) is 40.3. The number of hydrogen-bond acceptors (Lipinski definition) is 1. The molecule has 2 heteroatoms. The summed E-state index contributed by atoms with van der Waals surface area (Å²) in [6.07, 6.45) is 1.09. The van der Waals surface area contributed by atoms with Crippen LogP contribution in [-0.2, 0) is 0 Å². The van der Waals surface area contributed by atoms with E-state index in [9.17, 15) is 4.39 Å². The van der Waals surface area contributed by atoms with E-state index in [-0.39, 0.29) is 5.54 Å². The van der Waals surface area contributed by atoms with Crippen LogP contribution >= 0.6 is 0 Å². The highest BCUT2D eigenvalue weighted by Gasteiger charge is 2.52. The van der Waals surface area contributed by atoms with Gasteiger partial charge in [0, 0.05) is 25.0 Å². The van der Waals surface area contributed by atoms with Crippen LogP contribution in [0, 0.1) is 5.92 Å². The summed E-state index contributed by atoms with van der Waals surface area (Å²) in [6.45, 7) is 10.1. The summed E-state index contributed by atoms with van der Waals surface area (Å²) in [5, 5.41) is 0. The van der Waals surface area contributed by atoms with Gasteiger partial charge in [-0.15, -0.1) is 0 Å². The van der Waals surface area contributed by atoms with Crippen LogP contribution in [0.4, 0.5) is 4.39 Å².